The van der Waals surface area contributed by atoms with Crippen LogP contribution in [0.1, 0.15) is 12.5 Å². The third kappa shape index (κ3) is 6.76. The van der Waals surface area contributed by atoms with Crippen molar-refractivity contribution in [2.45, 2.75) is 92.8 Å². The highest BCUT2D eigenvalue weighted by molar-refractivity contribution is 5.40. The van der Waals surface area contributed by atoms with Gasteiger partial charge in [0.1, 0.15) is 54.4 Å². The molecule has 3 saturated heterocycles. The summed E-state index contributed by atoms with van der Waals surface area (Å²) in [7, 11) is 0. The Labute approximate surface area is 234 Å². The van der Waals surface area contributed by atoms with Gasteiger partial charge in [-0.2, -0.15) is 0 Å². The number of aliphatic hydroxyl groups is 8. The molecule has 0 radical (unpaired) electrons. The van der Waals surface area contributed by atoms with Gasteiger partial charge in [-0.15, -0.1) is 0 Å². The number of phenols is 2. The fourth-order valence-electron chi connectivity index (χ4n) is 4.84. The molecule has 234 valence electrons. The number of hydrogen-bond donors (Lipinski definition) is 10. The average Bonchev–Trinajstić information content (AvgIpc) is 3.24. The van der Waals surface area contributed by atoms with E-state index >= 15 is 0 Å². The molecule has 41 heavy (non-hydrogen) atoms. The normalized spacial score (nSPS) is 43.3. The molecule has 3 aliphatic heterocycles. The van der Waals surface area contributed by atoms with Gasteiger partial charge in [0, 0.05) is 0 Å². The Bertz CT molecular complexity index is 998. The lowest BCUT2D eigenvalue weighted by molar-refractivity contribution is -0.375. The van der Waals surface area contributed by atoms with Crippen molar-refractivity contribution in [3.8, 4) is 11.5 Å². The van der Waals surface area contributed by atoms with Crippen LogP contribution >= 0.6 is 0 Å². The summed E-state index contributed by atoms with van der Waals surface area (Å²) < 4.78 is 34.1. The molecule has 1 aromatic carbocycles. The topological polar surface area (TPSA) is 258 Å². The Balaban J connectivity index is 1.57. The van der Waals surface area contributed by atoms with Gasteiger partial charge in [-0.25, -0.2) is 0 Å². The van der Waals surface area contributed by atoms with Gasteiger partial charge in [-0.1, -0.05) is 6.07 Å². The van der Waals surface area contributed by atoms with E-state index in [-0.39, 0.29) is 24.5 Å². The molecule has 0 aliphatic carbocycles. The molecule has 13 unspecified atom stereocenters. The van der Waals surface area contributed by atoms with Crippen molar-refractivity contribution >= 4 is 0 Å². The Morgan fingerprint density at radius 2 is 1.56 bits per heavy atom. The van der Waals surface area contributed by atoms with Crippen LogP contribution in [0.15, 0.2) is 18.2 Å². The first-order valence-corrected chi connectivity index (χ1v) is 13.1. The Kier molecular flexibility index (Phi) is 10.4. The SMILES string of the molecule is CC1OC(OC2C(O)C(CO)OC(OCCc3ccc(O)c(O)c3)C2OC2OCC(O)(CO)C2O)C(O)C(O)C1O. The molecule has 0 aromatic heterocycles. The van der Waals surface area contributed by atoms with Gasteiger partial charge in [-0.3, -0.25) is 0 Å². The van der Waals surface area contributed by atoms with E-state index in [9.17, 15) is 51.1 Å². The third-order valence-electron chi connectivity index (χ3n) is 7.48. The van der Waals surface area contributed by atoms with E-state index in [4.69, 9.17) is 28.4 Å². The van der Waals surface area contributed by atoms with Crippen molar-refractivity contribution in [2.24, 2.45) is 0 Å². The average molecular weight is 595 g/mol. The van der Waals surface area contributed by atoms with Crippen molar-refractivity contribution in [1.29, 1.82) is 0 Å². The van der Waals surface area contributed by atoms with E-state index in [0.29, 0.717) is 5.56 Å². The van der Waals surface area contributed by atoms with Crippen LogP contribution in [0.5, 0.6) is 11.5 Å². The maximum Gasteiger partial charge on any atom is 0.187 e. The fourth-order valence-corrected chi connectivity index (χ4v) is 4.84. The van der Waals surface area contributed by atoms with Crippen LogP contribution in [0.25, 0.3) is 0 Å². The van der Waals surface area contributed by atoms with Gasteiger partial charge in [0.2, 0.25) is 0 Å². The molecule has 10 N–H and O–H groups in total. The highest BCUT2D eigenvalue weighted by Crippen LogP contribution is 2.35. The molecule has 3 aliphatic rings. The van der Waals surface area contributed by atoms with Gasteiger partial charge in [0.25, 0.3) is 0 Å². The summed E-state index contributed by atoms with van der Waals surface area (Å²) >= 11 is 0. The highest BCUT2D eigenvalue weighted by atomic mass is 16.8. The summed E-state index contributed by atoms with van der Waals surface area (Å²) in [6.45, 7) is -0.735. The zero-order valence-electron chi connectivity index (χ0n) is 22.1. The van der Waals surface area contributed by atoms with Crippen LogP contribution in [0.2, 0.25) is 0 Å². The molecule has 3 heterocycles. The number of ether oxygens (including phenoxy) is 6. The van der Waals surface area contributed by atoms with Crippen LogP contribution in [-0.4, -0.2) is 157 Å². The largest absolute Gasteiger partial charge is 0.504 e. The zero-order valence-corrected chi connectivity index (χ0v) is 22.1. The van der Waals surface area contributed by atoms with Gasteiger partial charge < -0.3 is 79.5 Å². The molecule has 16 nitrogen and oxygen atoms in total. The molecule has 0 spiro atoms. The fraction of sp³-hybridized carbons (Fsp3) is 0.760. The maximum absolute atomic E-state index is 11.0. The number of aliphatic hydroxyl groups excluding tert-OH is 7. The van der Waals surface area contributed by atoms with Crippen LogP contribution < -0.4 is 0 Å². The summed E-state index contributed by atoms with van der Waals surface area (Å²) in [6, 6.07) is 4.15. The quantitative estimate of drug-likeness (QED) is 0.115. The number of benzene rings is 1. The standard InChI is InChI=1S/C25H38O16/c1-10-15(30)17(32)18(33)22(38-10)40-19-16(31)14(7-26)39-23(36-5-4-11-2-3-12(28)13(29)6-11)20(19)41-24-21(34)25(35,8-27)9-37-24/h2-3,6,10,14-24,26-35H,4-5,7-9H2,1H3. The van der Waals surface area contributed by atoms with E-state index < -0.39 is 99.2 Å². The van der Waals surface area contributed by atoms with Crippen molar-refractivity contribution in [3.05, 3.63) is 23.8 Å². The zero-order chi connectivity index (χ0) is 30.1. The first-order chi connectivity index (χ1) is 19.4. The first-order valence-electron chi connectivity index (χ1n) is 13.1. The van der Waals surface area contributed by atoms with Gasteiger partial charge in [0.15, 0.2) is 30.4 Å². The lowest BCUT2D eigenvalue weighted by Gasteiger charge is -2.47. The second-order valence-corrected chi connectivity index (χ2v) is 10.4. The van der Waals surface area contributed by atoms with Crippen molar-refractivity contribution < 1.29 is 79.5 Å². The predicted molar refractivity (Wildman–Crippen MR) is 131 cm³/mol. The molecule has 4 rings (SSSR count). The second kappa shape index (κ2) is 13.3. The third-order valence-corrected chi connectivity index (χ3v) is 7.48. The van der Waals surface area contributed by atoms with Gasteiger partial charge in [0.05, 0.1) is 32.5 Å². The highest BCUT2D eigenvalue weighted by Gasteiger charge is 2.55. The number of rotatable bonds is 10. The van der Waals surface area contributed by atoms with E-state index in [0.717, 1.165) is 0 Å². The molecule has 3 fully saturated rings. The van der Waals surface area contributed by atoms with Crippen molar-refractivity contribution in [1.82, 2.24) is 0 Å². The lowest BCUT2D eigenvalue weighted by Crippen LogP contribution is -2.65. The van der Waals surface area contributed by atoms with Crippen LogP contribution in [0.3, 0.4) is 0 Å². The minimum Gasteiger partial charge on any atom is -0.504 e. The van der Waals surface area contributed by atoms with E-state index in [2.05, 4.69) is 0 Å². The molecule has 13 atom stereocenters. The first kappa shape index (κ1) is 32.2. The lowest BCUT2D eigenvalue weighted by atomic mass is 9.96. The number of hydrogen-bond acceptors (Lipinski definition) is 16. The van der Waals surface area contributed by atoms with Crippen LogP contribution in [0, 0.1) is 0 Å². The number of aromatic hydroxyl groups is 2. The summed E-state index contributed by atoms with van der Waals surface area (Å²) in [5.74, 6) is -0.651. The Hall–Kier alpha value is -1.74. The van der Waals surface area contributed by atoms with Gasteiger partial charge in [-0.05, 0) is 31.0 Å². The minimum atomic E-state index is -2.06. The maximum atomic E-state index is 11.0. The Morgan fingerprint density at radius 1 is 0.854 bits per heavy atom. The Morgan fingerprint density at radius 3 is 2.20 bits per heavy atom. The van der Waals surface area contributed by atoms with E-state index in [1.54, 1.807) is 6.07 Å². The minimum absolute atomic E-state index is 0.0884. The number of phenolic OH excluding ortho intramolecular Hbond substituents is 2. The monoisotopic (exact) mass is 594 g/mol. The van der Waals surface area contributed by atoms with Crippen molar-refractivity contribution in [2.75, 3.05) is 26.4 Å². The molecule has 0 saturated carbocycles. The molecular weight excluding hydrogens is 556 g/mol. The van der Waals surface area contributed by atoms with E-state index in [1.165, 1.54) is 19.1 Å². The summed E-state index contributed by atoms with van der Waals surface area (Å²) in [4.78, 5) is 0. The predicted octanol–water partition coefficient (Wildman–Crippen LogP) is -4.23. The summed E-state index contributed by atoms with van der Waals surface area (Å²) in [5.41, 5.74) is -1.49. The molecule has 1 aromatic rings. The summed E-state index contributed by atoms with van der Waals surface area (Å²) in [5, 5.41) is 101. The molecule has 0 amide bonds. The molecule has 0 bridgehead atoms. The smallest absolute Gasteiger partial charge is 0.187 e. The van der Waals surface area contributed by atoms with E-state index in [1.807, 2.05) is 0 Å². The van der Waals surface area contributed by atoms with Crippen LogP contribution in [-0.2, 0) is 34.8 Å². The van der Waals surface area contributed by atoms with Crippen molar-refractivity contribution in [3.63, 3.8) is 0 Å². The molecule has 16 heteroatoms. The summed E-state index contributed by atoms with van der Waals surface area (Å²) in [6.07, 6.45) is -18.0. The molecular formula is C25H38O16. The van der Waals surface area contributed by atoms with Crippen LogP contribution in [0.4, 0.5) is 0 Å². The van der Waals surface area contributed by atoms with Gasteiger partial charge >= 0.3 is 0 Å². The second-order valence-electron chi connectivity index (χ2n) is 10.4.